The Morgan fingerprint density at radius 1 is 1.12 bits per heavy atom. The molecule has 25 heavy (non-hydrogen) atoms. The van der Waals surface area contributed by atoms with Gasteiger partial charge >= 0.3 is 5.97 Å². The van der Waals surface area contributed by atoms with Crippen LogP contribution in [0.3, 0.4) is 0 Å². The average molecular weight is 362 g/mol. The van der Waals surface area contributed by atoms with Crippen LogP contribution in [-0.2, 0) is 16.1 Å². The minimum atomic E-state index is -0.907. The Morgan fingerprint density at radius 2 is 1.84 bits per heavy atom. The molecule has 0 radical (unpaired) electrons. The van der Waals surface area contributed by atoms with Crippen molar-refractivity contribution < 1.29 is 19.1 Å². The summed E-state index contributed by atoms with van der Waals surface area (Å²) in [6.07, 6.45) is 4.35. The van der Waals surface area contributed by atoms with Crippen molar-refractivity contribution in [3.8, 4) is 0 Å². The van der Waals surface area contributed by atoms with Crippen LogP contribution in [0.2, 0.25) is 5.02 Å². The molecular formula is C19H20ClNO4. The number of hydrogen-bond donors (Lipinski definition) is 1. The van der Waals surface area contributed by atoms with Crippen molar-refractivity contribution in [2.45, 2.75) is 32.2 Å². The number of amides is 1. The second kappa shape index (κ2) is 7.74. The summed E-state index contributed by atoms with van der Waals surface area (Å²) in [4.78, 5) is 26.4. The Bertz CT molecular complexity index is 744. The van der Waals surface area contributed by atoms with E-state index in [2.05, 4.69) is 0 Å². The molecule has 1 amide bonds. The van der Waals surface area contributed by atoms with Crippen molar-refractivity contribution >= 4 is 29.2 Å². The topological polar surface area (TPSA) is 70.8 Å². The van der Waals surface area contributed by atoms with Gasteiger partial charge in [-0.1, -0.05) is 36.6 Å². The molecule has 0 aliphatic heterocycles. The minimum Gasteiger partial charge on any atom is -0.481 e. The number of benzene rings is 1. The lowest BCUT2D eigenvalue weighted by Crippen LogP contribution is -2.42. The number of carboxylic acid groups (broad SMARTS) is 1. The molecule has 1 aliphatic rings. The number of hydrogen-bond acceptors (Lipinski definition) is 3. The Hall–Kier alpha value is -2.27. The minimum absolute atomic E-state index is 0.211. The molecule has 0 saturated heterocycles. The van der Waals surface area contributed by atoms with E-state index < -0.39 is 17.8 Å². The lowest BCUT2D eigenvalue weighted by molar-refractivity contribution is -0.148. The number of aliphatic carboxylic acids is 1. The second-order valence-corrected chi connectivity index (χ2v) is 6.70. The van der Waals surface area contributed by atoms with Crippen molar-refractivity contribution in [1.82, 2.24) is 0 Å². The summed E-state index contributed by atoms with van der Waals surface area (Å²) in [5.74, 6) is -1.69. The molecule has 0 spiro atoms. The third-order valence-electron chi connectivity index (χ3n) is 4.70. The fourth-order valence-electron chi connectivity index (χ4n) is 3.43. The third-order valence-corrected chi connectivity index (χ3v) is 5.02. The first-order valence-corrected chi connectivity index (χ1v) is 8.77. The molecule has 2 unspecified atom stereocenters. The van der Waals surface area contributed by atoms with E-state index in [1.54, 1.807) is 47.6 Å². The monoisotopic (exact) mass is 361 g/mol. The quantitative estimate of drug-likeness (QED) is 0.859. The average Bonchev–Trinajstić information content (AvgIpc) is 3.13. The molecule has 1 saturated carbocycles. The highest BCUT2D eigenvalue weighted by atomic mass is 35.5. The molecule has 2 aromatic rings. The number of anilines is 1. The number of nitrogens with zero attached hydrogens (tertiary/aromatic N) is 1. The zero-order valence-corrected chi connectivity index (χ0v) is 14.5. The van der Waals surface area contributed by atoms with E-state index in [1.807, 2.05) is 0 Å². The number of carboxylic acids is 1. The molecule has 1 aromatic carbocycles. The molecular weight excluding hydrogens is 342 g/mol. The molecule has 132 valence electrons. The van der Waals surface area contributed by atoms with Gasteiger partial charge in [0.15, 0.2) is 0 Å². The molecule has 1 aliphatic carbocycles. The van der Waals surface area contributed by atoms with Gasteiger partial charge < -0.3 is 14.4 Å². The number of para-hydroxylation sites is 1. The van der Waals surface area contributed by atoms with E-state index in [1.165, 1.54) is 0 Å². The van der Waals surface area contributed by atoms with E-state index in [0.29, 0.717) is 29.3 Å². The Kier molecular flexibility index (Phi) is 5.43. The fraction of sp³-hybridized carbons (Fsp3) is 0.368. The zero-order valence-electron chi connectivity index (χ0n) is 13.7. The maximum atomic E-state index is 13.3. The third kappa shape index (κ3) is 3.87. The number of rotatable bonds is 5. The molecule has 5 nitrogen and oxygen atoms in total. The molecule has 2 atom stereocenters. The summed E-state index contributed by atoms with van der Waals surface area (Å²) in [5.41, 5.74) is 0.570. The van der Waals surface area contributed by atoms with Crippen LogP contribution in [0.1, 0.15) is 31.4 Å². The van der Waals surface area contributed by atoms with Crippen LogP contribution in [0, 0.1) is 11.8 Å². The van der Waals surface area contributed by atoms with Crippen LogP contribution in [0.5, 0.6) is 0 Å². The number of carbonyl (C=O) groups excluding carboxylic acids is 1. The van der Waals surface area contributed by atoms with Gasteiger partial charge in [-0.3, -0.25) is 9.59 Å². The van der Waals surface area contributed by atoms with Crippen LogP contribution < -0.4 is 4.90 Å². The lowest BCUT2D eigenvalue weighted by Gasteiger charge is -2.33. The van der Waals surface area contributed by atoms with Crippen LogP contribution in [0.25, 0.3) is 0 Å². The first-order chi connectivity index (χ1) is 12.1. The van der Waals surface area contributed by atoms with Crippen molar-refractivity contribution in [3.63, 3.8) is 0 Å². The second-order valence-electron chi connectivity index (χ2n) is 6.29. The highest BCUT2D eigenvalue weighted by Gasteiger charge is 2.38. The van der Waals surface area contributed by atoms with Crippen molar-refractivity contribution in [2.24, 2.45) is 11.8 Å². The predicted molar refractivity (Wildman–Crippen MR) is 94.4 cm³/mol. The van der Waals surface area contributed by atoms with Gasteiger partial charge in [0.05, 0.1) is 35.4 Å². The summed E-state index contributed by atoms with van der Waals surface area (Å²) in [6, 6.07) is 10.6. The summed E-state index contributed by atoms with van der Waals surface area (Å²) in [6.45, 7) is 0.221. The number of carbonyl (C=O) groups is 2. The van der Waals surface area contributed by atoms with Crippen molar-refractivity contribution in [3.05, 3.63) is 53.4 Å². The van der Waals surface area contributed by atoms with E-state index in [-0.39, 0.29) is 12.5 Å². The molecule has 1 aromatic heterocycles. The van der Waals surface area contributed by atoms with Gasteiger partial charge in [-0.05, 0) is 37.1 Å². The molecule has 6 heteroatoms. The van der Waals surface area contributed by atoms with Gasteiger partial charge in [-0.25, -0.2) is 0 Å². The van der Waals surface area contributed by atoms with E-state index >= 15 is 0 Å². The predicted octanol–water partition coefficient (Wildman–Crippen LogP) is 4.36. The van der Waals surface area contributed by atoms with Crippen molar-refractivity contribution in [2.75, 3.05) is 4.90 Å². The van der Waals surface area contributed by atoms with Crippen LogP contribution in [0.15, 0.2) is 47.1 Å². The molecule has 0 bridgehead atoms. The maximum absolute atomic E-state index is 13.3. The highest BCUT2D eigenvalue weighted by molar-refractivity contribution is 6.33. The van der Waals surface area contributed by atoms with Gasteiger partial charge in [-0.15, -0.1) is 0 Å². The smallest absolute Gasteiger partial charge is 0.307 e. The largest absolute Gasteiger partial charge is 0.481 e. The maximum Gasteiger partial charge on any atom is 0.307 e. The molecule has 1 heterocycles. The van der Waals surface area contributed by atoms with E-state index in [4.69, 9.17) is 16.0 Å². The summed E-state index contributed by atoms with van der Waals surface area (Å²) >= 11 is 6.30. The van der Waals surface area contributed by atoms with Crippen molar-refractivity contribution in [1.29, 1.82) is 0 Å². The Morgan fingerprint density at radius 3 is 2.48 bits per heavy atom. The fourth-order valence-corrected chi connectivity index (χ4v) is 3.67. The SMILES string of the molecule is O=C(O)C1CCCCC1C(=O)N(Cc1ccco1)c1ccccc1Cl. The normalized spacial score (nSPS) is 20.2. The Labute approximate surface area is 151 Å². The number of furan rings is 1. The first-order valence-electron chi connectivity index (χ1n) is 8.39. The molecule has 1 fully saturated rings. The molecule has 1 N–H and O–H groups in total. The lowest BCUT2D eigenvalue weighted by atomic mass is 9.78. The molecule has 3 rings (SSSR count). The van der Waals surface area contributed by atoms with Gasteiger partial charge in [0, 0.05) is 0 Å². The summed E-state index contributed by atoms with van der Waals surface area (Å²) in [5, 5.41) is 9.96. The summed E-state index contributed by atoms with van der Waals surface area (Å²) < 4.78 is 5.38. The summed E-state index contributed by atoms with van der Waals surface area (Å²) in [7, 11) is 0. The van der Waals surface area contributed by atoms with Crippen LogP contribution in [0.4, 0.5) is 5.69 Å². The number of halogens is 1. The van der Waals surface area contributed by atoms with E-state index in [9.17, 15) is 14.7 Å². The standard InChI is InChI=1S/C19H20ClNO4/c20-16-9-3-4-10-17(16)21(12-13-6-5-11-25-13)18(22)14-7-1-2-8-15(14)19(23)24/h3-6,9-11,14-15H,1-2,7-8,12H2,(H,23,24). The van der Waals surface area contributed by atoms with Gasteiger partial charge in [0.1, 0.15) is 5.76 Å². The van der Waals surface area contributed by atoms with Crippen LogP contribution in [-0.4, -0.2) is 17.0 Å². The highest BCUT2D eigenvalue weighted by Crippen LogP contribution is 2.35. The van der Waals surface area contributed by atoms with E-state index in [0.717, 1.165) is 12.8 Å². The van der Waals surface area contributed by atoms with Gasteiger partial charge in [-0.2, -0.15) is 0 Å². The van der Waals surface area contributed by atoms with Gasteiger partial charge in [0.2, 0.25) is 5.91 Å². The Balaban J connectivity index is 1.94. The first kappa shape index (κ1) is 17.5. The van der Waals surface area contributed by atoms with Gasteiger partial charge in [0.25, 0.3) is 0 Å². The van der Waals surface area contributed by atoms with Crippen LogP contribution >= 0.6 is 11.6 Å². The zero-order chi connectivity index (χ0) is 17.8.